The number of fused-ring (bicyclic) bond motifs is 4. The maximum Gasteiger partial charge on any atom is 0.0880 e. The molecule has 0 atom stereocenters. The van der Waals surface area contributed by atoms with Crippen molar-refractivity contribution in [3.05, 3.63) is 78.0 Å². The molecule has 0 N–H and O–H groups in total. The Hall–Kier alpha value is -2.71. The van der Waals surface area contributed by atoms with Crippen LogP contribution in [0.4, 0.5) is 0 Å². The van der Waals surface area contributed by atoms with Crippen molar-refractivity contribution < 1.29 is 1.37 Å². The Morgan fingerprint density at radius 2 is 1.53 bits per heavy atom. The summed E-state index contributed by atoms with van der Waals surface area (Å²) in [5, 5.41) is 4.90. The lowest BCUT2D eigenvalue weighted by molar-refractivity contribution is 0.413. The van der Waals surface area contributed by atoms with Crippen molar-refractivity contribution in [2.45, 2.75) is 53.4 Å². The number of rotatable bonds is 2. The highest BCUT2D eigenvalue weighted by molar-refractivity contribution is 7.26. The Morgan fingerprint density at radius 3 is 2.28 bits per heavy atom. The average molecular weight is 439 g/mol. The summed E-state index contributed by atoms with van der Waals surface area (Å²) in [6.07, 6.45) is 1.35. The number of pyridine rings is 1. The summed E-state index contributed by atoms with van der Waals surface area (Å²) in [5.41, 5.74) is 4.95. The lowest BCUT2D eigenvalue weighted by Crippen LogP contribution is -2.12. The molecule has 162 valence electrons. The van der Waals surface area contributed by atoms with Gasteiger partial charge in [0.1, 0.15) is 0 Å². The molecule has 0 bridgehead atoms. The van der Waals surface area contributed by atoms with Gasteiger partial charge in [-0.3, -0.25) is 4.98 Å². The smallest absolute Gasteiger partial charge is 0.0880 e. The first kappa shape index (κ1) is 19.9. The van der Waals surface area contributed by atoms with E-state index >= 15 is 0 Å². The van der Waals surface area contributed by atoms with E-state index in [9.17, 15) is 0 Å². The molecule has 2 heteroatoms. The molecular formula is C30H31NS. The van der Waals surface area contributed by atoms with Crippen LogP contribution in [0, 0.1) is 5.41 Å². The van der Waals surface area contributed by atoms with Crippen LogP contribution in [0.3, 0.4) is 0 Å². The Bertz CT molecular complexity index is 1510. The molecule has 2 heterocycles. The second-order valence-electron chi connectivity index (χ2n) is 11.1. The fraction of sp³-hybridized carbons (Fsp3) is 0.300. The lowest BCUT2D eigenvalue weighted by Gasteiger charge is -2.22. The summed E-state index contributed by atoms with van der Waals surface area (Å²) in [5.74, 6) is 0. The zero-order chi connectivity index (χ0) is 23.5. The molecule has 0 aliphatic heterocycles. The van der Waals surface area contributed by atoms with Crippen LogP contribution in [-0.2, 0) is 11.8 Å². The molecule has 0 aliphatic rings. The molecule has 0 fully saturated rings. The molecule has 5 rings (SSSR count). The van der Waals surface area contributed by atoms with E-state index in [1.54, 1.807) is 0 Å². The molecule has 0 unspecified atom stereocenters. The first-order valence-corrected chi connectivity index (χ1v) is 12.2. The summed E-state index contributed by atoms with van der Waals surface area (Å²) < 4.78 is 11.0. The third-order valence-corrected chi connectivity index (χ3v) is 7.40. The Labute approximate surface area is 196 Å². The van der Waals surface area contributed by atoms with Crippen LogP contribution in [-0.4, -0.2) is 4.98 Å². The second-order valence-corrected chi connectivity index (χ2v) is 12.1. The van der Waals surface area contributed by atoms with Gasteiger partial charge in [0, 0.05) is 27.2 Å². The van der Waals surface area contributed by atoms with Crippen LogP contribution in [0.2, 0.25) is 0 Å². The SMILES string of the molecule is [2H]c1cc2c(sc3c(CC(C)(C)C)cccc32)c(-c2cc(C(C)(C)C)c3ccccc3c2)n1. The van der Waals surface area contributed by atoms with Crippen molar-refractivity contribution in [3.8, 4) is 11.3 Å². The number of thiophene rings is 1. The highest BCUT2D eigenvalue weighted by Crippen LogP contribution is 2.43. The van der Waals surface area contributed by atoms with E-state index in [-0.39, 0.29) is 10.8 Å². The average Bonchev–Trinajstić information content (AvgIpc) is 3.10. The minimum absolute atomic E-state index is 0.00729. The summed E-state index contributed by atoms with van der Waals surface area (Å²) in [6, 6.07) is 21.7. The van der Waals surface area contributed by atoms with E-state index in [1.807, 2.05) is 17.4 Å². The molecule has 0 radical (unpaired) electrons. The van der Waals surface area contributed by atoms with E-state index < -0.39 is 0 Å². The molecular weight excluding hydrogens is 406 g/mol. The van der Waals surface area contributed by atoms with Gasteiger partial charge in [-0.25, -0.2) is 0 Å². The number of hydrogen-bond acceptors (Lipinski definition) is 2. The van der Waals surface area contributed by atoms with Crippen molar-refractivity contribution in [1.82, 2.24) is 4.98 Å². The highest BCUT2D eigenvalue weighted by atomic mass is 32.1. The maximum atomic E-state index is 8.51. The maximum absolute atomic E-state index is 8.51. The molecule has 3 aromatic carbocycles. The minimum atomic E-state index is 0.00729. The first-order valence-electron chi connectivity index (χ1n) is 11.9. The standard InChI is InChI=1S/C30H31NS/c1-29(2,3)18-20-11-9-13-23-24-14-15-31-26(28(24)32-27(20)23)21-16-19-10-7-8-12-22(19)25(17-21)30(4,5)6/h7-17H,18H2,1-6H3/i15D. The molecule has 2 aromatic heterocycles. The van der Waals surface area contributed by atoms with Gasteiger partial charge in [-0.1, -0.05) is 84.0 Å². The second kappa shape index (κ2) is 7.42. The predicted molar refractivity (Wildman–Crippen MR) is 142 cm³/mol. The van der Waals surface area contributed by atoms with Crippen LogP contribution in [0.1, 0.15) is 54.0 Å². The van der Waals surface area contributed by atoms with Crippen molar-refractivity contribution >= 4 is 42.3 Å². The van der Waals surface area contributed by atoms with Crippen molar-refractivity contribution in [3.63, 3.8) is 0 Å². The van der Waals surface area contributed by atoms with Gasteiger partial charge < -0.3 is 0 Å². The van der Waals surface area contributed by atoms with E-state index in [1.165, 1.54) is 36.7 Å². The third-order valence-electron chi connectivity index (χ3n) is 6.10. The summed E-state index contributed by atoms with van der Waals surface area (Å²) >= 11 is 1.83. The van der Waals surface area contributed by atoms with Crippen LogP contribution >= 0.6 is 11.3 Å². The summed E-state index contributed by atoms with van der Waals surface area (Å²) in [4.78, 5) is 4.78. The number of hydrogen-bond donors (Lipinski definition) is 0. The third kappa shape index (κ3) is 3.71. The molecule has 32 heavy (non-hydrogen) atoms. The largest absolute Gasteiger partial charge is 0.255 e. The highest BCUT2D eigenvalue weighted by Gasteiger charge is 2.21. The molecule has 0 aliphatic carbocycles. The van der Waals surface area contributed by atoms with Gasteiger partial charge in [-0.15, -0.1) is 11.3 Å². The predicted octanol–water partition coefficient (Wildman–Crippen LogP) is 9.16. The fourth-order valence-electron chi connectivity index (χ4n) is 4.70. The van der Waals surface area contributed by atoms with Crippen LogP contribution in [0.25, 0.3) is 42.2 Å². The van der Waals surface area contributed by atoms with Crippen molar-refractivity contribution in [2.75, 3.05) is 0 Å². The quantitative estimate of drug-likeness (QED) is 0.268. The van der Waals surface area contributed by atoms with Crippen LogP contribution in [0.15, 0.2) is 66.8 Å². The molecule has 0 saturated carbocycles. The van der Waals surface area contributed by atoms with Gasteiger partial charge in [-0.2, -0.15) is 0 Å². The lowest BCUT2D eigenvalue weighted by atomic mass is 9.82. The van der Waals surface area contributed by atoms with Gasteiger partial charge in [-0.05, 0) is 57.3 Å². The van der Waals surface area contributed by atoms with E-state index in [4.69, 9.17) is 6.35 Å². The van der Waals surface area contributed by atoms with Crippen molar-refractivity contribution in [1.29, 1.82) is 0 Å². The molecule has 1 nitrogen and oxygen atoms in total. The fourth-order valence-corrected chi connectivity index (χ4v) is 6.00. The molecule has 5 aromatic rings. The normalized spacial score (nSPS) is 13.2. The van der Waals surface area contributed by atoms with Crippen molar-refractivity contribution in [2.24, 2.45) is 5.41 Å². The first-order chi connectivity index (χ1) is 15.5. The Morgan fingerprint density at radius 1 is 0.812 bits per heavy atom. The zero-order valence-electron chi connectivity index (χ0n) is 20.8. The van der Waals surface area contributed by atoms with Gasteiger partial charge in [0.25, 0.3) is 0 Å². The zero-order valence-corrected chi connectivity index (χ0v) is 20.7. The van der Waals surface area contributed by atoms with Crippen LogP contribution in [0.5, 0.6) is 0 Å². The monoisotopic (exact) mass is 438 g/mol. The minimum Gasteiger partial charge on any atom is -0.255 e. The van der Waals surface area contributed by atoms with E-state index in [0.717, 1.165) is 23.1 Å². The molecule has 0 saturated heterocycles. The molecule has 0 amide bonds. The van der Waals surface area contributed by atoms with Crippen LogP contribution < -0.4 is 0 Å². The van der Waals surface area contributed by atoms with Gasteiger partial charge in [0.05, 0.1) is 11.8 Å². The number of nitrogens with zero attached hydrogens (tertiary/aromatic N) is 1. The number of benzene rings is 3. The topological polar surface area (TPSA) is 12.9 Å². The van der Waals surface area contributed by atoms with Gasteiger partial charge in [0.15, 0.2) is 0 Å². The Kier molecular flexibility index (Phi) is 4.62. The Balaban J connectivity index is 1.83. The van der Waals surface area contributed by atoms with E-state index in [0.29, 0.717) is 6.17 Å². The van der Waals surface area contributed by atoms with E-state index in [2.05, 4.69) is 96.1 Å². The molecule has 0 spiro atoms. The number of aromatic nitrogens is 1. The van der Waals surface area contributed by atoms with Gasteiger partial charge >= 0.3 is 0 Å². The summed E-state index contributed by atoms with van der Waals surface area (Å²) in [6.45, 7) is 13.7. The van der Waals surface area contributed by atoms with Gasteiger partial charge in [0.2, 0.25) is 0 Å². The summed E-state index contributed by atoms with van der Waals surface area (Å²) in [7, 11) is 0.